The van der Waals surface area contributed by atoms with Gasteiger partial charge in [0.2, 0.25) is 0 Å². The number of hydrogen-bond donors (Lipinski definition) is 1. The number of nitrogens with one attached hydrogen (secondary N) is 1. The monoisotopic (exact) mass is 433 g/mol. The molecule has 0 heterocycles. The van der Waals surface area contributed by atoms with Gasteiger partial charge in [-0.05, 0) is 47.4 Å². The summed E-state index contributed by atoms with van der Waals surface area (Å²) in [5, 5.41) is 3.32. The Balaban J connectivity index is 0.00000320. The summed E-state index contributed by atoms with van der Waals surface area (Å²) < 4.78 is 40.5. The highest BCUT2D eigenvalue weighted by atomic mass is 35.5. The SMILES string of the molecule is Cl.FC(F)(F)Oc1ccc(CNCCC=C(c2ccccc2)c2ccccc2)cc1. The maximum atomic E-state index is 12.2. The van der Waals surface area contributed by atoms with Crippen LogP contribution in [-0.4, -0.2) is 12.9 Å². The number of alkyl halides is 3. The predicted octanol–water partition coefficient (Wildman–Crippen LogP) is 6.62. The molecule has 0 aliphatic carbocycles. The molecule has 0 radical (unpaired) electrons. The van der Waals surface area contributed by atoms with Crippen molar-refractivity contribution in [1.82, 2.24) is 5.32 Å². The van der Waals surface area contributed by atoms with E-state index in [9.17, 15) is 13.2 Å². The van der Waals surface area contributed by atoms with E-state index in [-0.39, 0.29) is 18.2 Å². The van der Waals surface area contributed by atoms with E-state index in [1.165, 1.54) is 28.8 Å². The molecule has 6 heteroatoms. The molecule has 1 N–H and O–H groups in total. The minimum absolute atomic E-state index is 0. The van der Waals surface area contributed by atoms with E-state index in [1.54, 1.807) is 12.1 Å². The summed E-state index contributed by atoms with van der Waals surface area (Å²) in [6.07, 6.45) is -1.63. The second-order valence-electron chi connectivity index (χ2n) is 6.51. The van der Waals surface area contributed by atoms with Gasteiger partial charge in [0.1, 0.15) is 5.75 Å². The Bertz CT molecular complexity index is 869. The van der Waals surface area contributed by atoms with Crippen molar-refractivity contribution in [1.29, 1.82) is 0 Å². The summed E-state index contributed by atoms with van der Waals surface area (Å²) in [6, 6.07) is 26.4. The van der Waals surface area contributed by atoms with Gasteiger partial charge in [0, 0.05) is 6.54 Å². The fraction of sp³-hybridized carbons (Fsp3) is 0.167. The van der Waals surface area contributed by atoms with E-state index in [1.807, 2.05) is 36.4 Å². The second kappa shape index (κ2) is 11.4. The molecule has 3 aromatic rings. The van der Waals surface area contributed by atoms with Gasteiger partial charge in [0.15, 0.2) is 0 Å². The minimum atomic E-state index is -4.67. The summed E-state index contributed by atoms with van der Waals surface area (Å²) in [5.74, 6) is -0.209. The highest BCUT2D eigenvalue weighted by Gasteiger charge is 2.30. The normalized spacial score (nSPS) is 10.8. The van der Waals surface area contributed by atoms with Crippen LogP contribution in [0.15, 0.2) is 91.0 Å². The zero-order chi connectivity index (χ0) is 20.5. The number of halogens is 4. The van der Waals surface area contributed by atoms with E-state index in [0.717, 1.165) is 18.5 Å². The molecule has 0 saturated heterocycles. The zero-order valence-corrected chi connectivity index (χ0v) is 17.0. The van der Waals surface area contributed by atoms with E-state index >= 15 is 0 Å². The molecule has 30 heavy (non-hydrogen) atoms. The standard InChI is InChI=1S/C24H22F3NO.ClH/c25-24(26,27)29-22-15-13-19(14-16-22)18-28-17-7-12-23(20-8-3-1-4-9-20)21-10-5-2-6-11-21;/h1-6,8-16,28H,7,17-18H2;1H. The minimum Gasteiger partial charge on any atom is -0.406 e. The van der Waals surface area contributed by atoms with Crippen LogP contribution in [0, 0.1) is 0 Å². The van der Waals surface area contributed by atoms with Crippen LogP contribution in [0.25, 0.3) is 5.57 Å². The van der Waals surface area contributed by atoms with Gasteiger partial charge in [0.25, 0.3) is 0 Å². The summed E-state index contributed by atoms with van der Waals surface area (Å²) >= 11 is 0. The molecule has 2 nitrogen and oxygen atoms in total. The first-order valence-electron chi connectivity index (χ1n) is 9.38. The summed E-state index contributed by atoms with van der Waals surface area (Å²) in [5.41, 5.74) is 4.41. The largest absolute Gasteiger partial charge is 0.573 e. The topological polar surface area (TPSA) is 21.3 Å². The summed E-state index contributed by atoms with van der Waals surface area (Å²) in [4.78, 5) is 0. The molecule has 0 aliphatic heterocycles. The van der Waals surface area contributed by atoms with Crippen molar-refractivity contribution in [3.05, 3.63) is 108 Å². The molecule has 0 unspecified atom stereocenters. The van der Waals surface area contributed by atoms with Gasteiger partial charge in [-0.25, -0.2) is 0 Å². The highest BCUT2D eigenvalue weighted by molar-refractivity contribution is 5.85. The molecule has 0 fully saturated rings. The van der Waals surface area contributed by atoms with Gasteiger partial charge in [-0.3, -0.25) is 0 Å². The van der Waals surface area contributed by atoms with E-state index in [2.05, 4.69) is 40.4 Å². The Morgan fingerprint density at radius 2 is 1.33 bits per heavy atom. The Labute approximate surface area is 180 Å². The van der Waals surface area contributed by atoms with Gasteiger partial charge < -0.3 is 10.1 Å². The maximum absolute atomic E-state index is 12.2. The highest BCUT2D eigenvalue weighted by Crippen LogP contribution is 2.24. The third-order valence-electron chi connectivity index (χ3n) is 4.33. The van der Waals surface area contributed by atoms with Gasteiger partial charge >= 0.3 is 6.36 Å². The number of ether oxygens (including phenoxy) is 1. The molecular formula is C24H23ClF3NO. The van der Waals surface area contributed by atoms with Crippen molar-refractivity contribution in [2.45, 2.75) is 19.3 Å². The molecule has 158 valence electrons. The van der Waals surface area contributed by atoms with E-state index in [4.69, 9.17) is 0 Å². The molecule has 0 aliphatic rings. The second-order valence-corrected chi connectivity index (χ2v) is 6.51. The first-order chi connectivity index (χ1) is 14.0. The third-order valence-corrected chi connectivity index (χ3v) is 4.33. The van der Waals surface area contributed by atoms with Gasteiger partial charge in [-0.15, -0.1) is 25.6 Å². The van der Waals surface area contributed by atoms with Crippen LogP contribution < -0.4 is 10.1 Å². The van der Waals surface area contributed by atoms with Crippen LogP contribution in [0.2, 0.25) is 0 Å². The lowest BCUT2D eigenvalue weighted by atomic mass is 9.97. The van der Waals surface area contributed by atoms with Crippen LogP contribution in [0.1, 0.15) is 23.1 Å². The zero-order valence-electron chi connectivity index (χ0n) is 16.2. The first kappa shape index (κ1) is 23.5. The molecule has 0 saturated carbocycles. The van der Waals surface area contributed by atoms with Crippen LogP contribution >= 0.6 is 12.4 Å². The summed E-state index contributed by atoms with van der Waals surface area (Å²) in [7, 11) is 0. The summed E-state index contributed by atoms with van der Waals surface area (Å²) in [6.45, 7) is 1.33. The number of rotatable bonds is 8. The Morgan fingerprint density at radius 3 is 1.83 bits per heavy atom. The van der Waals surface area contributed by atoms with Crippen molar-refractivity contribution in [3.63, 3.8) is 0 Å². The lowest BCUT2D eigenvalue weighted by Gasteiger charge is -2.10. The molecule has 0 amide bonds. The van der Waals surface area contributed by atoms with Gasteiger partial charge in [-0.2, -0.15) is 0 Å². The quantitative estimate of drug-likeness (QED) is 0.403. The molecule has 3 aromatic carbocycles. The average Bonchev–Trinajstić information content (AvgIpc) is 2.72. The van der Waals surface area contributed by atoms with Crippen molar-refractivity contribution in [2.24, 2.45) is 0 Å². The van der Waals surface area contributed by atoms with Gasteiger partial charge in [0.05, 0.1) is 0 Å². The Hall–Kier alpha value is -2.76. The molecule has 0 aromatic heterocycles. The lowest BCUT2D eigenvalue weighted by molar-refractivity contribution is -0.274. The molecule has 0 spiro atoms. The van der Waals surface area contributed by atoms with Crippen molar-refractivity contribution >= 4 is 18.0 Å². The molecule has 0 bridgehead atoms. The Kier molecular flexibility index (Phi) is 8.96. The average molecular weight is 434 g/mol. The molecule has 0 atom stereocenters. The third kappa shape index (κ3) is 7.58. The number of hydrogen-bond acceptors (Lipinski definition) is 2. The van der Waals surface area contributed by atoms with Crippen LogP contribution in [0.4, 0.5) is 13.2 Å². The molecular weight excluding hydrogens is 411 g/mol. The predicted molar refractivity (Wildman–Crippen MR) is 117 cm³/mol. The van der Waals surface area contributed by atoms with E-state index in [0.29, 0.717) is 6.54 Å². The van der Waals surface area contributed by atoms with Crippen LogP contribution in [-0.2, 0) is 6.54 Å². The van der Waals surface area contributed by atoms with Crippen LogP contribution in [0.5, 0.6) is 5.75 Å². The van der Waals surface area contributed by atoms with E-state index < -0.39 is 6.36 Å². The Morgan fingerprint density at radius 1 is 0.800 bits per heavy atom. The molecule has 3 rings (SSSR count). The van der Waals surface area contributed by atoms with Crippen molar-refractivity contribution in [3.8, 4) is 5.75 Å². The fourth-order valence-corrected chi connectivity index (χ4v) is 3.00. The lowest BCUT2D eigenvalue weighted by Crippen LogP contribution is -2.17. The maximum Gasteiger partial charge on any atom is 0.573 e. The van der Waals surface area contributed by atoms with Crippen LogP contribution in [0.3, 0.4) is 0 Å². The van der Waals surface area contributed by atoms with Crippen molar-refractivity contribution < 1.29 is 17.9 Å². The number of benzene rings is 3. The van der Waals surface area contributed by atoms with Gasteiger partial charge in [-0.1, -0.05) is 78.9 Å². The first-order valence-corrected chi connectivity index (χ1v) is 9.38. The van der Waals surface area contributed by atoms with Crippen molar-refractivity contribution in [2.75, 3.05) is 6.54 Å². The smallest absolute Gasteiger partial charge is 0.406 e. The fourth-order valence-electron chi connectivity index (χ4n) is 3.00.